The third kappa shape index (κ3) is 3.70. The maximum atomic E-state index is 12.5. The number of carbonyl (C=O) groups excluding carboxylic acids is 1. The molecule has 0 heterocycles. The lowest BCUT2D eigenvalue weighted by Crippen LogP contribution is -2.11. The number of nitrogens with zero attached hydrogens (tertiary/aromatic N) is 1. The second-order valence-corrected chi connectivity index (χ2v) is 6.50. The van der Waals surface area contributed by atoms with Crippen molar-refractivity contribution in [3.05, 3.63) is 68.8 Å². The average molecular weight is 389 g/mol. The highest BCUT2D eigenvalue weighted by Gasteiger charge is 2.21. The van der Waals surface area contributed by atoms with Crippen LogP contribution >= 0.6 is 22.6 Å². The molecule has 21 heavy (non-hydrogen) atoms. The predicted octanol–water partition coefficient (Wildman–Crippen LogP) is 4.90. The van der Waals surface area contributed by atoms with Gasteiger partial charge in [0.05, 0.1) is 6.07 Å². The highest BCUT2D eigenvalue weighted by atomic mass is 127. The zero-order valence-electron chi connectivity index (χ0n) is 12.0. The second kappa shape index (κ2) is 6.86. The second-order valence-electron chi connectivity index (χ2n) is 5.25. The Labute approximate surface area is 138 Å². The van der Waals surface area contributed by atoms with Crippen LogP contribution in [-0.2, 0) is 0 Å². The monoisotopic (exact) mass is 389 g/mol. The first-order chi connectivity index (χ1) is 10.0. The van der Waals surface area contributed by atoms with Crippen LogP contribution < -0.4 is 0 Å². The molecule has 1 atom stereocenters. The van der Waals surface area contributed by atoms with Crippen molar-refractivity contribution in [3.63, 3.8) is 0 Å². The van der Waals surface area contributed by atoms with Crippen molar-refractivity contribution in [2.75, 3.05) is 0 Å². The quantitative estimate of drug-likeness (QED) is 0.551. The van der Waals surface area contributed by atoms with E-state index in [9.17, 15) is 10.1 Å². The molecule has 0 saturated carbocycles. The molecule has 2 rings (SSSR count). The topological polar surface area (TPSA) is 40.9 Å². The third-order valence-corrected chi connectivity index (χ3v) is 4.18. The van der Waals surface area contributed by atoms with Crippen LogP contribution in [0.3, 0.4) is 0 Å². The van der Waals surface area contributed by atoms with Crippen molar-refractivity contribution in [1.29, 1.82) is 5.26 Å². The largest absolute Gasteiger partial charge is 0.292 e. The Morgan fingerprint density at radius 3 is 2.00 bits per heavy atom. The van der Waals surface area contributed by atoms with E-state index in [-0.39, 0.29) is 5.78 Å². The summed E-state index contributed by atoms with van der Waals surface area (Å²) in [5, 5.41) is 9.37. The Morgan fingerprint density at radius 2 is 1.52 bits per heavy atom. The lowest BCUT2D eigenvalue weighted by Gasteiger charge is -2.11. The van der Waals surface area contributed by atoms with Crippen LogP contribution in [0.2, 0.25) is 0 Å². The van der Waals surface area contributed by atoms with Crippen LogP contribution in [0.4, 0.5) is 0 Å². The molecule has 2 aromatic rings. The summed E-state index contributed by atoms with van der Waals surface area (Å²) in [6.45, 7) is 4.24. The van der Waals surface area contributed by atoms with Gasteiger partial charge in [0.1, 0.15) is 5.92 Å². The zero-order chi connectivity index (χ0) is 15.4. The number of ketones is 1. The van der Waals surface area contributed by atoms with E-state index in [0.29, 0.717) is 11.5 Å². The number of hydrogen-bond donors (Lipinski definition) is 0. The number of rotatable bonds is 4. The van der Waals surface area contributed by atoms with Gasteiger partial charge in [-0.25, -0.2) is 0 Å². The molecule has 0 amide bonds. The van der Waals surface area contributed by atoms with E-state index in [1.165, 1.54) is 5.56 Å². The summed E-state index contributed by atoms with van der Waals surface area (Å²) in [6.07, 6.45) is 0. The van der Waals surface area contributed by atoms with E-state index in [1.54, 1.807) is 12.1 Å². The van der Waals surface area contributed by atoms with Gasteiger partial charge in [0, 0.05) is 9.13 Å². The molecular formula is C18H16INO. The highest BCUT2D eigenvalue weighted by Crippen LogP contribution is 2.23. The van der Waals surface area contributed by atoms with Crippen LogP contribution in [0.15, 0.2) is 48.5 Å². The molecular weight excluding hydrogens is 373 g/mol. The van der Waals surface area contributed by atoms with Crippen molar-refractivity contribution in [2.24, 2.45) is 0 Å². The van der Waals surface area contributed by atoms with Crippen molar-refractivity contribution in [3.8, 4) is 6.07 Å². The van der Waals surface area contributed by atoms with Crippen molar-refractivity contribution in [1.82, 2.24) is 0 Å². The van der Waals surface area contributed by atoms with Gasteiger partial charge >= 0.3 is 0 Å². The van der Waals surface area contributed by atoms with Crippen molar-refractivity contribution < 1.29 is 4.79 Å². The molecule has 0 saturated heterocycles. The summed E-state index contributed by atoms with van der Waals surface area (Å²) in [4.78, 5) is 12.5. The van der Waals surface area contributed by atoms with Crippen LogP contribution in [0, 0.1) is 14.9 Å². The molecule has 0 aliphatic carbocycles. The molecule has 3 heteroatoms. The fourth-order valence-corrected chi connectivity index (χ4v) is 2.50. The Hall–Kier alpha value is -1.67. The van der Waals surface area contributed by atoms with Gasteiger partial charge in [0.2, 0.25) is 0 Å². The van der Waals surface area contributed by atoms with E-state index < -0.39 is 5.92 Å². The van der Waals surface area contributed by atoms with E-state index in [2.05, 4.69) is 42.5 Å². The maximum absolute atomic E-state index is 12.5. The van der Waals surface area contributed by atoms with Crippen LogP contribution in [0.1, 0.15) is 47.2 Å². The number of Topliss-reactive ketones (excluding diaryl/α,β-unsaturated/α-hetero) is 1. The molecule has 1 unspecified atom stereocenters. The Kier molecular flexibility index (Phi) is 5.13. The van der Waals surface area contributed by atoms with Gasteiger partial charge in [-0.3, -0.25) is 4.79 Å². The molecule has 0 fully saturated rings. The molecule has 0 radical (unpaired) electrons. The summed E-state index contributed by atoms with van der Waals surface area (Å²) in [5.74, 6) is -0.455. The first-order valence-electron chi connectivity index (χ1n) is 6.82. The van der Waals surface area contributed by atoms with Crippen molar-refractivity contribution in [2.45, 2.75) is 25.7 Å². The third-order valence-electron chi connectivity index (χ3n) is 3.46. The summed E-state index contributed by atoms with van der Waals surface area (Å²) < 4.78 is 1.07. The summed E-state index contributed by atoms with van der Waals surface area (Å²) in [6, 6.07) is 17.2. The van der Waals surface area contributed by atoms with E-state index in [4.69, 9.17) is 0 Å². The molecule has 0 aliphatic rings. The van der Waals surface area contributed by atoms with Crippen molar-refractivity contribution >= 4 is 28.4 Å². The Morgan fingerprint density at radius 1 is 1.00 bits per heavy atom. The average Bonchev–Trinajstić information content (AvgIpc) is 2.49. The smallest absolute Gasteiger partial charge is 0.184 e. The maximum Gasteiger partial charge on any atom is 0.184 e. The van der Waals surface area contributed by atoms with Gasteiger partial charge < -0.3 is 0 Å². The Bertz CT molecular complexity index is 666. The van der Waals surface area contributed by atoms with Gasteiger partial charge in [-0.15, -0.1) is 0 Å². The molecule has 106 valence electrons. The van der Waals surface area contributed by atoms with Crippen LogP contribution in [0.5, 0.6) is 0 Å². The normalized spacial score (nSPS) is 12.0. The minimum absolute atomic E-state index is 0.147. The first-order valence-corrected chi connectivity index (χ1v) is 7.90. The van der Waals surface area contributed by atoms with E-state index in [0.717, 1.165) is 9.13 Å². The van der Waals surface area contributed by atoms with E-state index in [1.807, 2.05) is 36.4 Å². The standard InChI is InChI=1S/C18H16INO/c1-12(2)13-3-5-14(6-4-13)17(11-20)18(21)15-7-9-16(19)10-8-15/h3-10,12,17H,1-2H3. The minimum atomic E-state index is -0.744. The molecule has 2 aromatic carbocycles. The molecule has 0 spiro atoms. The number of halogens is 1. The van der Waals surface area contributed by atoms with Gasteiger partial charge in [0.15, 0.2) is 5.78 Å². The SMILES string of the molecule is CC(C)c1ccc(C(C#N)C(=O)c2ccc(I)cc2)cc1. The highest BCUT2D eigenvalue weighted by molar-refractivity contribution is 14.1. The molecule has 0 aliphatic heterocycles. The lowest BCUT2D eigenvalue weighted by atomic mass is 9.90. The van der Waals surface area contributed by atoms with Crippen LogP contribution in [0.25, 0.3) is 0 Å². The molecule has 0 N–H and O–H groups in total. The summed E-state index contributed by atoms with van der Waals surface area (Å²) >= 11 is 2.19. The first kappa shape index (κ1) is 15.7. The predicted molar refractivity (Wildman–Crippen MR) is 92.4 cm³/mol. The van der Waals surface area contributed by atoms with Gasteiger partial charge in [-0.05, 0) is 51.8 Å². The number of carbonyl (C=O) groups is 1. The molecule has 2 nitrogen and oxygen atoms in total. The molecule has 0 aromatic heterocycles. The fraction of sp³-hybridized carbons (Fsp3) is 0.222. The number of benzene rings is 2. The van der Waals surface area contributed by atoms with Gasteiger partial charge in [0.25, 0.3) is 0 Å². The Balaban J connectivity index is 2.29. The molecule has 0 bridgehead atoms. The fourth-order valence-electron chi connectivity index (χ4n) is 2.14. The van der Waals surface area contributed by atoms with E-state index >= 15 is 0 Å². The number of hydrogen-bond acceptors (Lipinski definition) is 2. The number of nitriles is 1. The summed E-state index contributed by atoms with van der Waals surface area (Å²) in [5.41, 5.74) is 2.54. The van der Waals surface area contributed by atoms with Gasteiger partial charge in [-0.2, -0.15) is 5.26 Å². The zero-order valence-corrected chi connectivity index (χ0v) is 14.2. The van der Waals surface area contributed by atoms with Gasteiger partial charge in [-0.1, -0.05) is 50.2 Å². The minimum Gasteiger partial charge on any atom is -0.292 e. The van der Waals surface area contributed by atoms with Crippen LogP contribution in [-0.4, -0.2) is 5.78 Å². The lowest BCUT2D eigenvalue weighted by molar-refractivity contribution is 0.0979. The summed E-state index contributed by atoms with van der Waals surface area (Å²) in [7, 11) is 0.